The third-order valence-corrected chi connectivity index (χ3v) is 6.50. The maximum Gasteiger partial charge on any atom is 0.241 e. The molecule has 2 fully saturated rings. The fourth-order valence-electron chi connectivity index (χ4n) is 3.52. The molecule has 0 bridgehead atoms. The van der Waals surface area contributed by atoms with Crippen molar-refractivity contribution in [1.29, 1.82) is 0 Å². The van der Waals surface area contributed by atoms with Gasteiger partial charge in [-0.05, 0) is 49.3 Å². The lowest BCUT2D eigenvalue weighted by atomic mass is 9.92. The van der Waals surface area contributed by atoms with Crippen LogP contribution in [0.2, 0.25) is 0 Å². The van der Waals surface area contributed by atoms with Gasteiger partial charge in [0.05, 0.1) is 6.04 Å². The summed E-state index contributed by atoms with van der Waals surface area (Å²) in [6, 6.07) is 7.72. The maximum absolute atomic E-state index is 12.4. The van der Waals surface area contributed by atoms with Gasteiger partial charge in [0.1, 0.15) is 0 Å². The molecule has 0 spiro atoms. The highest BCUT2D eigenvalue weighted by molar-refractivity contribution is 7.99. The van der Waals surface area contributed by atoms with Gasteiger partial charge in [0.25, 0.3) is 0 Å². The molecular weight excluding hydrogens is 356 g/mol. The number of anilines is 1. The van der Waals surface area contributed by atoms with Gasteiger partial charge in [-0.25, -0.2) is 0 Å². The molecule has 0 radical (unpaired) electrons. The van der Waals surface area contributed by atoms with Gasteiger partial charge in [-0.1, -0.05) is 25.0 Å². The predicted molar refractivity (Wildman–Crippen MR) is 107 cm³/mol. The van der Waals surface area contributed by atoms with E-state index in [1.807, 2.05) is 23.9 Å². The molecule has 6 heteroatoms. The first-order valence-electron chi connectivity index (χ1n) is 9.07. The first-order chi connectivity index (χ1) is 11.7. The largest absolute Gasteiger partial charge is 0.381 e. The molecule has 1 heterocycles. The molecule has 0 aromatic heterocycles. The van der Waals surface area contributed by atoms with E-state index in [1.165, 1.54) is 31.2 Å². The van der Waals surface area contributed by atoms with Crippen molar-refractivity contribution in [1.82, 2.24) is 0 Å². The summed E-state index contributed by atoms with van der Waals surface area (Å²) in [6.07, 6.45) is 7.18. The topological polar surface area (TPSA) is 64.4 Å². The van der Waals surface area contributed by atoms with E-state index in [4.69, 9.17) is 10.5 Å². The van der Waals surface area contributed by atoms with Crippen LogP contribution in [0.5, 0.6) is 0 Å². The zero-order valence-electron chi connectivity index (χ0n) is 14.6. The Morgan fingerprint density at radius 1 is 1.24 bits per heavy atom. The van der Waals surface area contributed by atoms with Gasteiger partial charge >= 0.3 is 0 Å². The van der Waals surface area contributed by atoms with Crippen molar-refractivity contribution in [3.05, 3.63) is 29.8 Å². The molecule has 1 aliphatic heterocycles. The van der Waals surface area contributed by atoms with E-state index < -0.39 is 6.04 Å². The van der Waals surface area contributed by atoms with Gasteiger partial charge in [-0.3, -0.25) is 4.79 Å². The zero-order chi connectivity index (χ0) is 16.8. The van der Waals surface area contributed by atoms with E-state index in [1.54, 1.807) is 0 Å². The van der Waals surface area contributed by atoms with E-state index in [0.29, 0.717) is 13.2 Å². The Labute approximate surface area is 161 Å². The van der Waals surface area contributed by atoms with Gasteiger partial charge in [-0.2, -0.15) is 11.8 Å². The molecule has 1 saturated heterocycles. The normalized spacial score (nSPS) is 20.0. The second-order valence-electron chi connectivity index (χ2n) is 6.88. The molecule has 3 N–H and O–H groups in total. The zero-order valence-corrected chi connectivity index (χ0v) is 16.2. The van der Waals surface area contributed by atoms with Gasteiger partial charge in [0.15, 0.2) is 0 Å². The molecule has 1 aromatic carbocycles. The third kappa shape index (κ3) is 6.17. The van der Waals surface area contributed by atoms with Crippen molar-refractivity contribution in [3.8, 4) is 0 Å². The van der Waals surface area contributed by atoms with E-state index in [-0.39, 0.29) is 24.2 Å². The van der Waals surface area contributed by atoms with Crippen LogP contribution in [-0.2, 0) is 15.3 Å². The Balaban J connectivity index is 0.00000225. The quantitative estimate of drug-likeness (QED) is 0.778. The van der Waals surface area contributed by atoms with Crippen molar-refractivity contribution >= 4 is 35.8 Å². The Morgan fingerprint density at radius 2 is 1.96 bits per heavy atom. The Bertz CT molecular complexity index is 546. The average Bonchev–Trinajstić information content (AvgIpc) is 3.14. The van der Waals surface area contributed by atoms with Crippen molar-refractivity contribution in [2.75, 3.05) is 18.5 Å². The van der Waals surface area contributed by atoms with Gasteiger partial charge in [0, 0.05) is 29.9 Å². The van der Waals surface area contributed by atoms with Crippen LogP contribution in [-0.4, -0.2) is 30.4 Å². The highest BCUT2D eigenvalue weighted by Gasteiger charge is 2.26. The summed E-state index contributed by atoms with van der Waals surface area (Å²) in [5, 5.41) is 3.80. The standard InChI is InChI=1S/C19H28N2O2S.ClH/c20-18(15-8-10-23-11-9-15)19(22)21-16-5-3-4-14(12-16)13-24-17-6-1-2-7-17;/h3-5,12,15,17-18H,1-2,6-11,13,20H2,(H,21,22);1H. The number of carbonyl (C=O) groups excluding carboxylic acids is 1. The molecule has 2 aliphatic rings. The molecule has 140 valence electrons. The third-order valence-electron chi connectivity index (χ3n) is 5.06. The molecule has 4 nitrogen and oxygen atoms in total. The van der Waals surface area contributed by atoms with E-state index in [0.717, 1.165) is 29.5 Å². The number of halogens is 1. The molecule has 1 aliphatic carbocycles. The van der Waals surface area contributed by atoms with Crippen molar-refractivity contribution in [3.63, 3.8) is 0 Å². The summed E-state index contributed by atoms with van der Waals surface area (Å²) < 4.78 is 5.34. The number of nitrogens with two attached hydrogens (primary N) is 1. The lowest BCUT2D eigenvalue weighted by Crippen LogP contribution is -2.44. The van der Waals surface area contributed by atoms with Crippen LogP contribution in [0.15, 0.2) is 24.3 Å². The lowest BCUT2D eigenvalue weighted by molar-refractivity contribution is -0.119. The van der Waals surface area contributed by atoms with Crippen LogP contribution < -0.4 is 11.1 Å². The molecule has 1 saturated carbocycles. The second-order valence-corrected chi connectivity index (χ2v) is 8.17. The summed E-state index contributed by atoms with van der Waals surface area (Å²) >= 11 is 2.04. The summed E-state index contributed by atoms with van der Waals surface area (Å²) in [6.45, 7) is 1.42. The highest BCUT2D eigenvalue weighted by atomic mass is 35.5. The number of nitrogens with one attached hydrogen (secondary N) is 1. The highest BCUT2D eigenvalue weighted by Crippen LogP contribution is 2.32. The molecule has 1 atom stereocenters. The van der Waals surface area contributed by atoms with E-state index in [2.05, 4.69) is 17.4 Å². The minimum atomic E-state index is -0.453. The number of hydrogen-bond acceptors (Lipinski definition) is 4. The second kappa shape index (κ2) is 10.4. The summed E-state index contributed by atoms with van der Waals surface area (Å²) in [5.74, 6) is 1.16. The molecule has 1 aromatic rings. The molecular formula is C19H29ClN2O2S. The summed E-state index contributed by atoms with van der Waals surface area (Å²) in [7, 11) is 0. The van der Waals surface area contributed by atoms with Gasteiger partial charge < -0.3 is 15.8 Å². The lowest BCUT2D eigenvalue weighted by Gasteiger charge is -2.26. The Kier molecular flexibility index (Phi) is 8.56. The van der Waals surface area contributed by atoms with Crippen molar-refractivity contribution < 1.29 is 9.53 Å². The van der Waals surface area contributed by atoms with Crippen LogP contribution in [0.1, 0.15) is 44.1 Å². The van der Waals surface area contributed by atoms with Gasteiger partial charge in [-0.15, -0.1) is 12.4 Å². The SMILES string of the molecule is Cl.NC(C(=O)Nc1cccc(CSC2CCCC2)c1)C1CCOCC1. The first-order valence-corrected chi connectivity index (χ1v) is 10.1. The fraction of sp³-hybridized carbons (Fsp3) is 0.632. The maximum atomic E-state index is 12.4. The first kappa shape index (κ1) is 20.6. The molecule has 3 rings (SSSR count). The fourth-order valence-corrected chi connectivity index (χ4v) is 4.80. The van der Waals surface area contributed by atoms with Crippen LogP contribution in [0.25, 0.3) is 0 Å². The number of benzene rings is 1. The molecule has 25 heavy (non-hydrogen) atoms. The minimum absolute atomic E-state index is 0. The average molecular weight is 385 g/mol. The van der Waals surface area contributed by atoms with E-state index in [9.17, 15) is 4.79 Å². The van der Waals surface area contributed by atoms with Crippen LogP contribution in [0.4, 0.5) is 5.69 Å². The van der Waals surface area contributed by atoms with Crippen LogP contribution >= 0.6 is 24.2 Å². The van der Waals surface area contributed by atoms with Gasteiger partial charge in [0.2, 0.25) is 5.91 Å². The van der Waals surface area contributed by atoms with Crippen molar-refractivity contribution in [2.24, 2.45) is 11.7 Å². The Hall–Kier alpha value is -0.750. The monoisotopic (exact) mass is 384 g/mol. The molecule has 1 amide bonds. The van der Waals surface area contributed by atoms with E-state index >= 15 is 0 Å². The predicted octanol–water partition coefficient (Wildman–Crippen LogP) is 3.98. The van der Waals surface area contributed by atoms with Crippen LogP contribution in [0.3, 0.4) is 0 Å². The number of amides is 1. The molecule has 1 unspecified atom stereocenters. The smallest absolute Gasteiger partial charge is 0.241 e. The summed E-state index contributed by atoms with van der Waals surface area (Å²) in [5.41, 5.74) is 8.27. The Morgan fingerprint density at radius 3 is 2.68 bits per heavy atom. The van der Waals surface area contributed by atoms with Crippen molar-refractivity contribution in [2.45, 2.75) is 55.6 Å². The number of thioether (sulfide) groups is 1. The number of hydrogen-bond donors (Lipinski definition) is 2. The summed E-state index contributed by atoms with van der Waals surface area (Å²) in [4.78, 5) is 12.4. The number of ether oxygens (including phenoxy) is 1. The van der Waals surface area contributed by atoms with Crippen LogP contribution in [0, 0.1) is 5.92 Å². The number of rotatable bonds is 6. The minimum Gasteiger partial charge on any atom is -0.381 e. The number of carbonyl (C=O) groups is 1.